The van der Waals surface area contributed by atoms with Crippen LogP contribution < -0.4 is 5.32 Å². The van der Waals surface area contributed by atoms with Gasteiger partial charge in [0.15, 0.2) is 0 Å². The van der Waals surface area contributed by atoms with Crippen LogP contribution in [-0.2, 0) is 0 Å². The summed E-state index contributed by atoms with van der Waals surface area (Å²) in [6.07, 6.45) is 5.36. The summed E-state index contributed by atoms with van der Waals surface area (Å²) >= 11 is 5.64. The molecule has 1 heterocycles. The van der Waals surface area contributed by atoms with Crippen LogP contribution in [0.15, 0.2) is 15.9 Å². The number of rotatable bonds is 7. The van der Waals surface area contributed by atoms with E-state index in [1.807, 2.05) is 11.3 Å². The van der Waals surface area contributed by atoms with E-state index in [1.54, 1.807) is 0 Å². The van der Waals surface area contributed by atoms with Crippen molar-refractivity contribution in [1.29, 1.82) is 0 Å². The van der Waals surface area contributed by atoms with Crippen LogP contribution in [0.1, 0.15) is 57.4 Å². The van der Waals surface area contributed by atoms with E-state index in [9.17, 15) is 0 Å². The van der Waals surface area contributed by atoms with Gasteiger partial charge in [-0.3, -0.25) is 4.90 Å². The average Bonchev–Trinajstić information content (AvgIpc) is 3.08. The molecule has 0 aromatic carbocycles. The Morgan fingerprint density at radius 1 is 1.30 bits per heavy atom. The maximum absolute atomic E-state index is 3.80. The van der Waals surface area contributed by atoms with E-state index in [1.165, 1.54) is 35.0 Å². The number of halogens is 1. The van der Waals surface area contributed by atoms with Gasteiger partial charge in [-0.2, -0.15) is 0 Å². The third-order valence-electron chi connectivity index (χ3n) is 4.72. The first-order chi connectivity index (χ1) is 9.69. The van der Waals surface area contributed by atoms with Crippen molar-refractivity contribution >= 4 is 27.3 Å². The predicted octanol–water partition coefficient (Wildman–Crippen LogP) is 4.82. The first-order valence-corrected chi connectivity index (χ1v) is 9.58. The first-order valence-electron chi connectivity index (χ1n) is 7.90. The minimum atomic E-state index is 0.298. The molecule has 0 radical (unpaired) electrons. The summed E-state index contributed by atoms with van der Waals surface area (Å²) in [5.41, 5.74) is 0.298. The lowest BCUT2D eigenvalue weighted by Crippen LogP contribution is -2.54. The van der Waals surface area contributed by atoms with Crippen LogP contribution in [0.2, 0.25) is 0 Å². The normalized spacial score (nSPS) is 19.6. The Bertz CT molecular complexity index is 408. The summed E-state index contributed by atoms with van der Waals surface area (Å²) in [7, 11) is 0. The van der Waals surface area contributed by atoms with Gasteiger partial charge >= 0.3 is 0 Å². The van der Waals surface area contributed by atoms with E-state index >= 15 is 0 Å². The molecule has 0 bridgehead atoms. The van der Waals surface area contributed by atoms with Crippen LogP contribution in [0.25, 0.3) is 0 Å². The molecule has 2 nitrogen and oxygen atoms in total. The molecule has 0 spiro atoms. The van der Waals surface area contributed by atoms with Gasteiger partial charge in [0.25, 0.3) is 0 Å². The fourth-order valence-electron chi connectivity index (χ4n) is 3.87. The van der Waals surface area contributed by atoms with Gasteiger partial charge in [0.05, 0.1) is 6.04 Å². The second kappa shape index (κ2) is 7.39. The topological polar surface area (TPSA) is 15.3 Å². The van der Waals surface area contributed by atoms with Crippen molar-refractivity contribution in [2.45, 2.75) is 58.0 Å². The van der Waals surface area contributed by atoms with Crippen LogP contribution in [0.4, 0.5) is 0 Å². The van der Waals surface area contributed by atoms with Gasteiger partial charge < -0.3 is 5.32 Å². The van der Waals surface area contributed by atoms with Crippen molar-refractivity contribution in [3.05, 3.63) is 20.8 Å². The molecule has 0 aliphatic heterocycles. The number of nitrogens with one attached hydrogen (secondary N) is 1. The van der Waals surface area contributed by atoms with Crippen LogP contribution in [0.3, 0.4) is 0 Å². The molecule has 114 valence electrons. The molecule has 0 saturated heterocycles. The number of hydrogen-bond donors (Lipinski definition) is 1. The van der Waals surface area contributed by atoms with Gasteiger partial charge in [0.1, 0.15) is 0 Å². The van der Waals surface area contributed by atoms with Gasteiger partial charge in [-0.05, 0) is 59.9 Å². The number of thiophene rings is 1. The highest BCUT2D eigenvalue weighted by atomic mass is 79.9. The summed E-state index contributed by atoms with van der Waals surface area (Å²) in [5.74, 6) is 0. The van der Waals surface area contributed by atoms with Gasteiger partial charge in [0, 0.05) is 14.9 Å². The van der Waals surface area contributed by atoms with E-state index in [4.69, 9.17) is 0 Å². The maximum Gasteiger partial charge on any atom is 0.0613 e. The molecule has 1 aliphatic carbocycles. The minimum absolute atomic E-state index is 0.298. The molecule has 0 amide bonds. The number of hydrogen-bond acceptors (Lipinski definition) is 3. The summed E-state index contributed by atoms with van der Waals surface area (Å²) in [4.78, 5) is 4.17. The second-order valence-corrected chi connectivity index (χ2v) is 7.41. The Labute approximate surface area is 136 Å². The van der Waals surface area contributed by atoms with Crippen molar-refractivity contribution in [2.75, 3.05) is 19.6 Å². The molecule has 1 atom stereocenters. The number of likely N-dealkylation sites (N-methyl/N-ethyl adjacent to an activating group) is 2. The quantitative estimate of drug-likeness (QED) is 0.751. The Balaban J connectivity index is 2.40. The zero-order valence-electron chi connectivity index (χ0n) is 12.9. The van der Waals surface area contributed by atoms with Gasteiger partial charge in [0.2, 0.25) is 0 Å². The van der Waals surface area contributed by atoms with Crippen molar-refractivity contribution in [2.24, 2.45) is 0 Å². The molecule has 1 N–H and O–H groups in total. The number of nitrogens with zero attached hydrogens (tertiary/aromatic N) is 1. The lowest BCUT2D eigenvalue weighted by Gasteiger charge is -2.46. The fraction of sp³-hybridized carbons (Fsp3) is 0.750. The second-order valence-electron chi connectivity index (χ2n) is 5.61. The minimum Gasteiger partial charge on any atom is -0.308 e. The Morgan fingerprint density at radius 2 is 1.95 bits per heavy atom. The third kappa shape index (κ3) is 2.99. The van der Waals surface area contributed by atoms with Crippen molar-refractivity contribution in [3.63, 3.8) is 0 Å². The Hall–Kier alpha value is 0.1000. The standard InChI is InChI=1S/C16H27BrN2S/c1-4-18-15(14-13(17)9-12-20-14)16(10-7-8-11-16)19(5-2)6-3/h9,12,15,18H,4-8,10-11H2,1-3H3. The predicted molar refractivity (Wildman–Crippen MR) is 92.6 cm³/mol. The molecule has 1 unspecified atom stereocenters. The largest absolute Gasteiger partial charge is 0.308 e. The summed E-state index contributed by atoms with van der Waals surface area (Å²) in [5, 5.41) is 6.00. The van der Waals surface area contributed by atoms with Crippen molar-refractivity contribution < 1.29 is 0 Å². The molecule has 4 heteroatoms. The summed E-state index contributed by atoms with van der Waals surface area (Å²) in [6.45, 7) is 10.1. The zero-order valence-corrected chi connectivity index (χ0v) is 15.3. The monoisotopic (exact) mass is 358 g/mol. The van der Waals surface area contributed by atoms with Crippen LogP contribution in [-0.4, -0.2) is 30.1 Å². The zero-order chi connectivity index (χ0) is 14.6. The fourth-order valence-corrected chi connectivity index (χ4v) is 5.66. The van der Waals surface area contributed by atoms with Crippen molar-refractivity contribution in [3.8, 4) is 0 Å². The molecule has 2 rings (SSSR count). The van der Waals surface area contributed by atoms with Crippen LogP contribution >= 0.6 is 27.3 Å². The van der Waals surface area contributed by atoms with E-state index in [-0.39, 0.29) is 0 Å². The highest BCUT2D eigenvalue weighted by Gasteiger charge is 2.46. The van der Waals surface area contributed by atoms with E-state index in [2.05, 4.69) is 58.4 Å². The Kier molecular flexibility index (Phi) is 6.09. The smallest absolute Gasteiger partial charge is 0.0613 e. The third-order valence-corrected chi connectivity index (χ3v) is 6.65. The highest BCUT2D eigenvalue weighted by molar-refractivity contribution is 9.10. The summed E-state index contributed by atoms with van der Waals surface area (Å²) < 4.78 is 1.27. The average molecular weight is 359 g/mol. The molecule has 1 aromatic heterocycles. The Morgan fingerprint density at radius 3 is 2.40 bits per heavy atom. The first kappa shape index (κ1) is 16.5. The lowest BCUT2D eigenvalue weighted by molar-refractivity contribution is 0.0642. The molecule has 1 aliphatic rings. The maximum atomic E-state index is 3.80. The molecular formula is C16H27BrN2S. The summed E-state index contributed by atoms with van der Waals surface area (Å²) in [6, 6.07) is 2.64. The molecule has 1 aromatic rings. The van der Waals surface area contributed by atoms with E-state index in [0.717, 1.165) is 19.6 Å². The molecule has 1 saturated carbocycles. The van der Waals surface area contributed by atoms with E-state index in [0.29, 0.717) is 11.6 Å². The van der Waals surface area contributed by atoms with Crippen molar-refractivity contribution in [1.82, 2.24) is 10.2 Å². The van der Waals surface area contributed by atoms with Crippen LogP contribution in [0.5, 0.6) is 0 Å². The van der Waals surface area contributed by atoms with Crippen LogP contribution in [0, 0.1) is 0 Å². The molecular weight excluding hydrogens is 332 g/mol. The lowest BCUT2D eigenvalue weighted by atomic mass is 9.84. The SMILES string of the molecule is CCNC(c1sccc1Br)C1(N(CC)CC)CCCC1. The van der Waals surface area contributed by atoms with E-state index < -0.39 is 0 Å². The molecule has 1 fully saturated rings. The van der Waals surface area contributed by atoms with Gasteiger partial charge in [-0.25, -0.2) is 0 Å². The van der Waals surface area contributed by atoms with Gasteiger partial charge in [-0.1, -0.05) is 33.6 Å². The molecule has 20 heavy (non-hydrogen) atoms. The van der Waals surface area contributed by atoms with Gasteiger partial charge in [-0.15, -0.1) is 11.3 Å². The highest BCUT2D eigenvalue weighted by Crippen LogP contribution is 2.47.